The van der Waals surface area contributed by atoms with Crippen LogP contribution >= 0.6 is 39.3 Å². The van der Waals surface area contributed by atoms with E-state index in [2.05, 4.69) is 41.2 Å². The van der Waals surface area contributed by atoms with E-state index in [1.807, 2.05) is 0 Å². The van der Waals surface area contributed by atoms with Gasteiger partial charge in [0.15, 0.2) is 11.5 Å². The highest BCUT2D eigenvalue weighted by molar-refractivity contribution is 9.10. The number of ether oxygens (including phenoxy) is 2. The zero-order valence-electron chi connectivity index (χ0n) is 18.0. The molecule has 2 N–H and O–H groups in total. The minimum Gasteiger partial charge on any atom is -0.394 e. The monoisotopic (exact) mass is 609 g/mol. The van der Waals surface area contributed by atoms with Gasteiger partial charge in [-0.1, -0.05) is 23.4 Å². The summed E-state index contributed by atoms with van der Waals surface area (Å²) in [5.74, 6) is -0.0259. The Kier molecular flexibility index (Phi) is 7.90. The number of aromatic nitrogens is 6. The van der Waals surface area contributed by atoms with E-state index in [1.54, 1.807) is 6.07 Å². The van der Waals surface area contributed by atoms with Crippen LogP contribution in [0.3, 0.4) is 0 Å². The number of rotatable bonds is 6. The van der Waals surface area contributed by atoms with Gasteiger partial charge < -0.3 is 24.5 Å². The molecule has 1 aliphatic heterocycles. The van der Waals surface area contributed by atoms with E-state index in [4.69, 9.17) is 27.6 Å². The number of pyridine rings is 1. The van der Waals surface area contributed by atoms with Crippen molar-refractivity contribution in [1.82, 2.24) is 29.8 Å². The van der Waals surface area contributed by atoms with Crippen LogP contribution in [0, 0.1) is 6.57 Å². The Morgan fingerprint density at radius 2 is 2.14 bits per heavy atom. The maximum atomic E-state index is 13.0. The molecule has 17 heteroatoms. The average Bonchev–Trinajstić information content (AvgIpc) is 3.46. The summed E-state index contributed by atoms with van der Waals surface area (Å²) in [6.07, 6.45) is -5.32. The van der Waals surface area contributed by atoms with Crippen molar-refractivity contribution in [3.63, 3.8) is 0 Å². The molecular weight excluding hydrogens is 595 g/mol. The fraction of sp³-hybridized carbons (Fsp3) is 0.421. The van der Waals surface area contributed by atoms with Crippen LogP contribution < -0.4 is 0 Å². The molecule has 1 fully saturated rings. The minimum atomic E-state index is -4.72. The Morgan fingerprint density at radius 3 is 2.75 bits per heavy atom. The van der Waals surface area contributed by atoms with Gasteiger partial charge in [0.1, 0.15) is 41.1 Å². The van der Waals surface area contributed by atoms with Crippen molar-refractivity contribution in [2.75, 3.05) is 13.7 Å². The van der Waals surface area contributed by atoms with Gasteiger partial charge in [0.05, 0.1) is 17.3 Å². The quantitative estimate of drug-likeness (QED) is 0.405. The molecule has 0 radical (unpaired) electrons. The molecule has 0 spiro atoms. The smallest absolute Gasteiger partial charge is 0.394 e. The molecule has 11 nitrogen and oxygen atoms in total. The zero-order valence-corrected chi connectivity index (χ0v) is 21.2. The maximum absolute atomic E-state index is 13.0. The normalized spacial score (nSPS) is 24.6. The number of hydrogen-bond acceptors (Lipinski definition) is 9. The lowest BCUT2D eigenvalue weighted by Crippen LogP contribution is -2.55. The summed E-state index contributed by atoms with van der Waals surface area (Å²) in [4.78, 5) is 7.92. The van der Waals surface area contributed by atoms with E-state index in [0.717, 1.165) is 16.4 Å². The minimum absolute atomic E-state index is 0.113. The number of halogens is 5. The lowest BCUT2D eigenvalue weighted by atomic mass is 9.97. The molecule has 4 heterocycles. The van der Waals surface area contributed by atoms with E-state index in [9.17, 15) is 23.4 Å². The standard InChI is InChI=1S/C19H16BrClF3N7O4S/c1-25-17-10(3-8(20)5-26-17)36-18-16(34-2)14(15(33)9(7-32)35-18)30-6-13(27-29-30)31-12(21)4-11(28-31)19(22,23)24/h3-6,9,14-16,18,32-33H,7H2,2H3/t9?,14-,15-,16?,18+/m0/s1. The number of alkyl halides is 3. The van der Waals surface area contributed by atoms with Crippen LogP contribution in [0.5, 0.6) is 0 Å². The molecule has 1 aliphatic rings. The highest BCUT2D eigenvalue weighted by atomic mass is 79.9. The molecule has 5 atom stereocenters. The Morgan fingerprint density at radius 1 is 1.39 bits per heavy atom. The maximum Gasteiger partial charge on any atom is 0.435 e. The molecule has 0 bridgehead atoms. The summed E-state index contributed by atoms with van der Waals surface area (Å²) in [7, 11) is 1.37. The first-order valence-electron chi connectivity index (χ1n) is 9.99. The van der Waals surface area contributed by atoms with Gasteiger partial charge in [-0.15, -0.1) is 21.8 Å². The first kappa shape index (κ1) is 26.8. The number of aliphatic hydroxyl groups is 2. The van der Waals surface area contributed by atoms with Gasteiger partial charge in [0.25, 0.3) is 5.82 Å². The summed E-state index contributed by atoms with van der Waals surface area (Å²) in [6.45, 7) is 6.81. The van der Waals surface area contributed by atoms with E-state index in [-0.39, 0.29) is 16.8 Å². The Hall–Kier alpha value is -2.26. The third kappa shape index (κ3) is 5.23. The molecule has 4 rings (SSSR count). The first-order chi connectivity index (χ1) is 17.1. The highest BCUT2D eigenvalue weighted by Crippen LogP contribution is 2.42. The Labute approximate surface area is 219 Å². The molecular formula is C19H16BrClF3N7O4S. The van der Waals surface area contributed by atoms with Crippen molar-refractivity contribution in [3.8, 4) is 5.82 Å². The second kappa shape index (κ2) is 10.6. The van der Waals surface area contributed by atoms with Gasteiger partial charge in [0.2, 0.25) is 0 Å². The topological polar surface area (TPSA) is 125 Å². The van der Waals surface area contributed by atoms with Crippen LogP contribution in [-0.2, 0) is 15.7 Å². The molecule has 0 amide bonds. The molecule has 0 aliphatic carbocycles. The van der Waals surface area contributed by atoms with Crippen molar-refractivity contribution in [1.29, 1.82) is 0 Å². The van der Waals surface area contributed by atoms with Gasteiger partial charge in [-0.3, -0.25) is 0 Å². The Bertz CT molecular complexity index is 1290. The third-order valence-electron chi connectivity index (χ3n) is 5.22. The van der Waals surface area contributed by atoms with Crippen molar-refractivity contribution < 1.29 is 32.9 Å². The fourth-order valence-corrected chi connectivity index (χ4v) is 5.55. The number of aliphatic hydroxyl groups excluding tert-OH is 2. The van der Waals surface area contributed by atoms with E-state index in [1.165, 1.54) is 24.2 Å². The van der Waals surface area contributed by atoms with Crippen LogP contribution in [0.1, 0.15) is 11.7 Å². The highest BCUT2D eigenvalue weighted by Gasteiger charge is 2.48. The second-order valence-corrected chi connectivity index (χ2v) is 9.87. The summed E-state index contributed by atoms with van der Waals surface area (Å²) < 4.78 is 53.1. The molecule has 3 aromatic rings. The zero-order chi connectivity index (χ0) is 26.2. The molecule has 3 aromatic heterocycles. The second-order valence-electron chi connectivity index (χ2n) is 7.43. The lowest BCUT2D eigenvalue weighted by Gasteiger charge is -2.43. The molecule has 0 aromatic carbocycles. The number of methoxy groups -OCH3 is 1. The van der Waals surface area contributed by atoms with Gasteiger partial charge in [-0.05, 0) is 22.0 Å². The van der Waals surface area contributed by atoms with Gasteiger partial charge >= 0.3 is 6.18 Å². The van der Waals surface area contributed by atoms with E-state index < -0.39 is 48.3 Å². The van der Waals surface area contributed by atoms with E-state index in [0.29, 0.717) is 15.4 Å². The predicted octanol–water partition coefficient (Wildman–Crippen LogP) is 3.27. The van der Waals surface area contributed by atoms with Gasteiger partial charge in [-0.2, -0.15) is 23.0 Å². The molecule has 192 valence electrons. The summed E-state index contributed by atoms with van der Waals surface area (Å²) >= 11 is 10.3. The van der Waals surface area contributed by atoms with Crippen LogP contribution in [0.15, 0.2) is 33.9 Å². The van der Waals surface area contributed by atoms with Gasteiger partial charge in [0, 0.05) is 18.1 Å². The average molecular weight is 611 g/mol. The van der Waals surface area contributed by atoms with Crippen molar-refractivity contribution in [2.24, 2.45) is 0 Å². The molecule has 1 saturated heterocycles. The van der Waals surface area contributed by atoms with Crippen LogP contribution in [0.4, 0.5) is 19.0 Å². The number of nitrogens with zero attached hydrogens (tertiary/aromatic N) is 7. The summed E-state index contributed by atoms with van der Waals surface area (Å²) in [6, 6.07) is 1.32. The van der Waals surface area contributed by atoms with Crippen LogP contribution in [-0.4, -0.2) is 77.4 Å². The molecule has 36 heavy (non-hydrogen) atoms. The number of hydrogen-bond donors (Lipinski definition) is 2. The summed E-state index contributed by atoms with van der Waals surface area (Å²) in [5.41, 5.74) is -2.06. The van der Waals surface area contributed by atoms with E-state index >= 15 is 0 Å². The molecule has 0 saturated carbocycles. The van der Waals surface area contributed by atoms with Crippen molar-refractivity contribution >= 4 is 45.1 Å². The van der Waals surface area contributed by atoms with Crippen molar-refractivity contribution in [3.05, 3.63) is 51.3 Å². The number of thioether (sulfide) groups is 1. The van der Waals surface area contributed by atoms with Gasteiger partial charge in [-0.25, -0.2) is 4.68 Å². The predicted molar refractivity (Wildman–Crippen MR) is 123 cm³/mol. The van der Waals surface area contributed by atoms with Crippen LogP contribution in [0.25, 0.3) is 10.7 Å². The van der Waals surface area contributed by atoms with Crippen molar-refractivity contribution in [2.45, 2.75) is 40.9 Å². The summed E-state index contributed by atoms with van der Waals surface area (Å²) in [5, 5.41) is 31.6. The fourth-order valence-electron chi connectivity index (χ4n) is 3.59. The third-order valence-corrected chi connectivity index (χ3v) is 7.09. The Balaban J connectivity index is 1.69. The SMILES string of the molecule is [C-]#[N+]c1ncc(Br)cc1S[C@H]1OC(CO)[C@H](O)[C@H](n2cc(-n3nc(C(F)(F)F)cc3Cl)nn2)C1OC. The molecule has 2 unspecified atom stereocenters. The first-order valence-corrected chi connectivity index (χ1v) is 12.0. The lowest BCUT2D eigenvalue weighted by molar-refractivity contribution is -0.186. The largest absolute Gasteiger partial charge is 0.435 e. The van der Waals surface area contributed by atoms with Crippen LogP contribution in [0.2, 0.25) is 5.15 Å².